The third-order valence-electron chi connectivity index (χ3n) is 4.20. The van der Waals surface area contributed by atoms with Crippen molar-refractivity contribution in [2.75, 3.05) is 26.8 Å². The average Bonchev–Trinajstić information content (AvgIpc) is 3.15. The fourth-order valence-electron chi connectivity index (χ4n) is 3.02. The van der Waals surface area contributed by atoms with Gasteiger partial charge in [0.25, 0.3) is 5.91 Å². The number of hydrogen-bond acceptors (Lipinski definition) is 6. The number of carbonyl (C=O) groups excluding carboxylic acids is 1. The zero-order chi connectivity index (χ0) is 19.5. The van der Waals surface area contributed by atoms with Crippen molar-refractivity contribution in [3.8, 4) is 0 Å². The molecule has 2 rings (SSSR count). The molecule has 9 nitrogen and oxygen atoms in total. The number of aryl methyl sites for hydroxylation is 1. The van der Waals surface area contributed by atoms with Crippen LogP contribution >= 0.6 is 0 Å². The molecule has 1 saturated heterocycles. The highest BCUT2D eigenvalue weighted by Crippen LogP contribution is 2.26. The van der Waals surface area contributed by atoms with Crippen molar-refractivity contribution in [3.63, 3.8) is 0 Å². The van der Waals surface area contributed by atoms with Gasteiger partial charge in [0.2, 0.25) is 10.0 Å². The molecule has 2 N–H and O–H groups in total. The first kappa shape index (κ1) is 20.4. The van der Waals surface area contributed by atoms with Gasteiger partial charge in [-0.3, -0.25) is 9.59 Å². The Hall–Kier alpha value is -1.91. The monoisotopic (exact) mass is 388 g/mol. The molecule has 10 heteroatoms. The number of hydrogen-bond donors (Lipinski definition) is 2. The van der Waals surface area contributed by atoms with Gasteiger partial charge in [0.15, 0.2) is 5.76 Å². The van der Waals surface area contributed by atoms with Gasteiger partial charge in [0.1, 0.15) is 10.7 Å². The van der Waals surface area contributed by atoms with Gasteiger partial charge in [0, 0.05) is 26.3 Å². The molecule has 146 valence electrons. The number of carbonyl (C=O) groups is 2. The van der Waals surface area contributed by atoms with Gasteiger partial charge in [0.05, 0.1) is 18.6 Å². The van der Waals surface area contributed by atoms with Crippen LogP contribution in [0.25, 0.3) is 0 Å². The van der Waals surface area contributed by atoms with Gasteiger partial charge in [-0.25, -0.2) is 8.42 Å². The highest BCUT2D eigenvalue weighted by molar-refractivity contribution is 7.89. The Morgan fingerprint density at radius 1 is 1.38 bits per heavy atom. The van der Waals surface area contributed by atoms with E-state index in [1.54, 1.807) is 0 Å². The Kier molecular flexibility index (Phi) is 6.09. The van der Waals surface area contributed by atoms with Crippen LogP contribution in [0.3, 0.4) is 0 Å². The van der Waals surface area contributed by atoms with Crippen LogP contribution in [0.2, 0.25) is 0 Å². The quantitative estimate of drug-likeness (QED) is 0.680. The Balaban J connectivity index is 2.24. The van der Waals surface area contributed by atoms with Crippen LogP contribution in [-0.2, 0) is 19.6 Å². The molecule has 1 atom stereocenters. The normalized spacial score (nSPS) is 17.8. The number of methoxy groups -OCH3 is 1. The summed E-state index contributed by atoms with van der Waals surface area (Å²) in [7, 11) is -2.32. The first-order valence-electron chi connectivity index (χ1n) is 8.23. The van der Waals surface area contributed by atoms with Crippen LogP contribution in [0.1, 0.15) is 42.5 Å². The van der Waals surface area contributed by atoms with Gasteiger partial charge >= 0.3 is 5.97 Å². The molecule has 1 aromatic rings. The summed E-state index contributed by atoms with van der Waals surface area (Å²) in [6.45, 7) is 3.87. The molecule has 0 spiro atoms. The van der Waals surface area contributed by atoms with Crippen molar-refractivity contribution >= 4 is 21.9 Å². The molecular weight excluding hydrogens is 364 g/mol. The number of nitrogens with one attached hydrogen (secondary N) is 1. The van der Waals surface area contributed by atoms with Crippen molar-refractivity contribution in [3.05, 3.63) is 17.6 Å². The van der Waals surface area contributed by atoms with Crippen molar-refractivity contribution in [1.29, 1.82) is 0 Å². The highest BCUT2D eigenvalue weighted by atomic mass is 32.2. The number of rotatable bonds is 8. The smallest absolute Gasteiger partial charge is 0.305 e. The molecule has 26 heavy (non-hydrogen) atoms. The number of sulfonamides is 1. The van der Waals surface area contributed by atoms with E-state index in [1.807, 2.05) is 0 Å². The van der Waals surface area contributed by atoms with E-state index in [9.17, 15) is 18.0 Å². The van der Waals surface area contributed by atoms with Crippen LogP contribution in [-0.4, -0.2) is 62.1 Å². The summed E-state index contributed by atoms with van der Waals surface area (Å²) in [5.41, 5.74) is -1.16. The first-order valence-corrected chi connectivity index (χ1v) is 9.67. The van der Waals surface area contributed by atoms with Gasteiger partial charge < -0.3 is 19.6 Å². The van der Waals surface area contributed by atoms with Gasteiger partial charge in [-0.05, 0) is 26.7 Å². The van der Waals surface area contributed by atoms with Crippen LogP contribution in [0.4, 0.5) is 0 Å². The number of furan rings is 1. The third-order valence-corrected chi connectivity index (χ3v) is 6.20. The minimum Gasteiger partial charge on any atom is -0.481 e. The van der Waals surface area contributed by atoms with E-state index in [-0.39, 0.29) is 29.4 Å². The molecule has 1 unspecified atom stereocenters. The second-order valence-corrected chi connectivity index (χ2v) is 8.57. The lowest BCUT2D eigenvalue weighted by Crippen LogP contribution is -2.50. The molecule has 0 radical (unpaired) electrons. The standard InChI is InChI=1S/C16H24N2O7S/c1-11-13(26(22,23)18-6-4-5-7-18)8-12(25-11)15(21)17-16(2,10-24-3)9-14(19)20/h8H,4-7,9-10H2,1-3H3,(H,17,21)(H,19,20). The topological polar surface area (TPSA) is 126 Å². The molecule has 0 aromatic carbocycles. The van der Waals surface area contributed by atoms with Crippen molar-refractivity contribution in [2.24, 2.45) is 0 Å². The predicted octanol–water partition coefficient (Wildman–Crippen LogP) is 0.982. The molecular formula is C16H24N2O7S. The van der Waals surface area contributed by atoms with E-state index in [0.717, 1.165) is 12.8 Å². The number of ether oxygens (including phenoxy) is 1. The lowest BCUT2D eigenvalue weighted by molar-refractivity contribution is -0.139. The maximum atomic E-state index is 12.7. The molecule has 2 heterocycles. The van der Waals surface area contributed by atoms with E-state index >= 15 is 0 Å². The fraction of sp³-hybridized carbons (Fsp3) is 0.625. The summed E-state index contributed by atoms with van der Waals surface area (Å²) in [4.78, 5) is 23.5. The largest absolute Gasteiger partial charge is 0.481 e. The summed E-state index contributed by atoms with van der Waals surface area (Å²) in [5, 5.41) is 11.6. The van der Waals surface area contributed by atoms with Gasteiger partial charge in [-0.2, -0.15) is 4.31 Å². The summed E-state index contributed by atoms with van der Waals surface area (Å²) >= 11 is 0. The number of carboxylic acid groups (broad SMARTS) is 1. The third kappa shape index (κ3) is 4.43. The Labute approximate surface area is 152 Å². The van der Waals surface area contributed by atoms with E-state index in [1.165, 1.54) is 31.3 Å². The van der Waals surface area contributed by atoms with E-state index in [4.69, 9.17) is 14.3 Å². The Bertz CT molecular complexity index is 781. The molecule has 1 amide bonds. The minimum atomic E-state index is -3.71. The van der Waals surface area contributed by atoms with Gasteiger partial charge in [-0.15, -0.1) is 0 Å². The Morgan fingerprint density at radius 2 is 2.00 bits per heavy atom. The van der Waals surface area contributed by atoms with E-state index in [0.29, 0.717) is 13.1 Å². The molecule has 1 aromatic heterocycles. The lowest BCUT2D eigenvalue weighted by Gasteiger charge is -2.27. The summed E-state index contributed by atoms with van der Waals surface area (Å²) in [5.74, 6) is -1.86. The van der Waals surface area contributed by atoms with Crippen LogP contribution in [0, 0.1) is 6.92 Å². The van der Waals surface area contributed by atoms with E-state index < -0.39 is 27.4 Å². The first-order chi connectivity index (χ1) is 12.1. The van der Waals surface area contributed by atoms with Crippen LogP contribution in [0.5, 0.6) is 0 Å². The molecule has 1 aliphatic rings. The summed E-state index contributed by atoms with van der Waals surface area (Å²) < 4.78 is 37.0. The van der Waals surface area contributed by atoms with Gasteiger partial charge in [-0.1, -0.05) is 0 Å². The molecule has 0 bridgehead atoms. The SMILES string of the molecule is COCC(C)(CC(=O)O)NC(=O)c1cc(S(=O)(=O)N2CCCC2)c(C)o1. The zero-order valence-corrected chi connectivity index (χ0v) is 15.9. The number of nitrogens with zero attached hydrogens (tertiary/aromatic N) is 1. The molecule has 0 saturated carbocycles. The molecule has 1 fully saturated rings. The number of amides is 1. The second-order valence-electron chi connectivity index (χ2n) is 6.66. The second kappa shape index (κ2) is 7.77. The number of carboxylic acids is 1. The molecule has 0 aliphatic carbocycles. The highest BCUT2D eigenvalue weighted by Gasteiger charge is 2.34. The predicted molar refractivity (Wildman–Crippen MR) is 91.4 cm³/mol. The van der Waals surface area contributed by atoms with E-state index in [2.05, 4.69) is 5.32 Å². The summed E-state index contributed by atoms with van der Waals surface area (Å²) in [6.07, 6.45) is 1.24. The zero-order valence-electron chi connectivity index (χ0n) is 15.1. The van der Waals surface area contributed by atoms with Crippen molar-refractivity contribution in [2.45, 2.75) is 43.5 Å². The molecule has 1 aliphatic heterocycles. The maximum absolute atomic E-state index is 12.7. The maximum Gasteiger partial charge on any atom is 0.305 e. The van der Waals surface area contributed by atoms with Crippen LogP contribution in [0.15, 0.2) is 15.4 Å². The summed E-state index contributed by atoms with van der Waals surface area (Å²) in [6, 6.07) is 1.19. The number of aliphatic carboxylic acids is 1. The minimum absolute atomic E-state index is 0.0241. The van der Waals surface area contributed by atoms with Crippen molar-refractivity contribution in [1.82, 2.24) is 9.62 Å². The average molecular weight is 388 g/mol. The van der Waals surface area contributed by atoms with Crippen LogP contribution < -0.4 is 5.32 Å². The van der Waals surface area contributed by atoms with Crippen molar-refractivity contribution < 1.29 is 32.3 Å². The lowest BCUT2D eigenvalue weighted by atomic mass is 9.99. The fourth-order valence-corrected chi connectivity index (χ4v) is 4.70. The Morgan fingerprint density at radius 3 is 2.54 bits per heavy atom.